The van der Waals surface area contributed by atoms with Crippen LogP contribution >= 0.6 is 11.3 Å². The van der Waals surface area contributed by atoms with Crippen LogP contribution < -0.4 is 11.1 Å². The summed E-state index contributed by atoms with van der Waals surface area (Å²) in [6.07, 6.45) is 0.435. The Kier molecular flexibility index (Phi) is 5.08. The number of anilines is 2. The van der Waals surface area contributed by atoms with Crippen LogP contribution in [0.25, 0.3) is 0 Å². The molecule has 1 heterocycles. The first kappa shape index (κ1) is 14.4. The summed E-state index contributed by atoms with van der Waals surface area (Å²) in [6.45, 7) is 3.91. The first-order valence-electron chi connectivity index (χ1n) is 5.54. The first-order chi connectivity index (χ1) is 8.42. The zero-order chi connectivity index (χ0) is 13.7. The minimum Gasteiger partial charge on any atom is -0.469 e. The number of nitrogens with two attached hydrogens (primary N) is 1. The minimum atomic E-state index is -0.410. The molecule has 0 aliphatic rings. The van der Waals surface area contributed by atoms with E-state index in [1.54, 1.807) is 0 Å². The van der Waals surface area contributed by atoms with E-state index < -0.39 is 5.97 Å². The molecule has 0 spiro atoms. The second-order valence-electron chi connectivity index (χ2n) is 4.23. The summed E-state index contributed by atoms with van der Waals surface area (Å²) < 4.78 is 4.53. The van der Waals surface area contributed by atoms with Gasteiger partial charge in [0.25, 0.3) is 0 Å². The molecule has 0 aliphatic heterocycles. The number of nitrogens with zero attached hydrogens (tertiary/aromatic N) is 1. The van der Waals surface area contributed by atoms with Crippen molar-refractivity contribution in [1.82, 2.24) is 4.98 Å². The summed E-state index contributed by atoms with van der Waals surface area (Å²) in [7, 11) is 1.30. The number of hydrogen-bond acceptors (Lipinski definition) is 6. The SMILES string of the molecule is COC(=O)Cc1nc(NC(=O)CC(C)C)sc1N. The summed E-state index contributed by atoms with van der Waals surface area (Å²) in [5, 5.41) is 3.49. The van der Waals surface area contributed by atoms with Crippen molar-refractivity contribution in [1.29, 1.82) is 0 Å². The number of ether oxygens (including phenoxy) is 1. The third kappa shape index (κ3) is 4.33. The largest absolute Gasteiger partial charge is 0.469 e. The van der Waals surface area contributed by atoms with Gasteiger partial charge in [0.1, 0.15) is 5.00 Å². The molecule has 0 saturated carbocycles. The van der Waals surface area contributed by atoms with Gasteiger partial charge < -0.3 is 15.8 Å². The van der Waals surface area contributed by atoms with E-state index in [-0.39, 0.29) is 18.2 Å². The van der Waals surface area contributed by atoms with Crippen molar-refractivity contribution in [2.24, 2.45) is 5.92 Å². The van der Waals surface area contributed by atoms with Crippen LogP contribution in [0.2, 0.25) is 0 Å². The highest BCUT2D eigenvalue weighted by atomic mass is 32.1. The maximum Gasteiger partial charge on any atom is 0.311 e. The van der Waals surface area contributed by atoms with Gasteiger partial charge in [-0.3, -0.25) is 9.59 Å². The second-order valence-corrected chi connectivity index (χ2v) is 5.26. The Morgan fingerprint density at radius 1 is 1.50 bits per heavy atom. The van der Waals surface area contributed by atoms with Gasteiger partial charge in [0, 0.05) is 6.42 Å². The van der Waals surface area contributed by atoms with E-state index in [1.807, 2.05) is 13.8 Å². The van der Waals surface area contributed by atoms with E-state index >= 15 is 0 Å². The van der Waals surface area contributed by atoms with Gasteiger partial charge in [-0.25, -0.2) is 4.98 Å². The van der Waals surface area contributed by atoms with Gasteiger partial charge in [-0.2, -0.15) is 0 Å². The highest BCUT2D eigenvalue weighted by Gasteiger charge is 2.14. The highest BCUT2D eigenvalue weighted by molar-refractivity contribution is 7.19. The van der Waals surface area contributed by atoms with Gasteiger partial charge in [-0.15, -0.1) is 0 Å². The number of carbonyl (C=O) groups is 2. The zero-order valence-electron chi connectivity index (χ0n) is 10.6. The minimum absolute atomic E-state index is 0.0128. The van der Waals surface area contributed by atoms with Crippen molar-refractivity contribution in [2.75, 3.05) is 18.2 Å². The fourth-order valence-corrected chi connectivity index (χ4v) is 2.06. The lowest BCUT2D eigenvalue weighted by atomic mass is 10.1. The lowest BCUT2D eigenvalue weighted by molar-refractivity contribution is -0.139. The molecule has 1 aromatic heterocycles. The van der Waals surface area contributed by atoms with E-state index in [0.29, 0.717) is 22.2 Å². The molecule has 1 amide bonds. The monoisotopic (exact) mass is 271 g/mol. The van der Waals surface area contributed by atoms with Crippen LogP contribution in [0, 0.1) is 5.92 Å². The average molecular weight is 271 g/mol. The molecule has 0 bridgehead atoms. The van der Waals surface area contributed by atoms with Crippen LogP contribution in [-0.2, 0) is 20.7 Å². The molecule has 0 aliphatic carbocycles. The lowest BCUT2D eigenvalue weighted by Crippen LogP contribution is -2.13. The van der Waals surface area contributed by atoms with Gasteiger partial charge in [0.15, 0.2) is 5.13 Å². The average Bonchev–Trinajstić information content (AvgIpc) is 2.57. The number of rotatable bonds is 5. The van der Waals surface area contributed by atoms with Crippen molar-refractivity contribution in [3.63, 3.8) is 0 Å². The number of thiazole rings is 1. The predicted molar refractivity (Wildman–Crippen MR) is 70.3 cm³/mol. The number of nitrogen functional groups attached to an aromatic ring is 1. The smallest absolute Gasteiger partial charge is 0.311 e. The molecule has 0 atom stereocenters. The van der Waals surface area contributed by atoms with Crippen LogP contribution in [0.5, 0.6) is 0 Å². The fourth-order valence-electron chi connectivity index (χ4n) is 1.29. The zero-order valence-corrected chi connectivity index (χ0v) is 11.5. The van der Waals surface area contributed by atoms with E-state index in [0.717, 1.165) is 11.3 Å². The van der Waals surface area contributed by atoms with Gasteiger partial charge in [0.05, 0.1) is 19.2 Å². The van der Waals surface area contributed by atoms with Crippen LogP contribution in [0.15, 0.2) is 0 Å². The number of amides is 1. The molecule has 0 unspecified atom stereocenters. The number of esters is 1. The molecule has 0 saturated heterocycles. The predicted octanol–water partition coefficient (Wildman–Crippen LogP) is 1.43. The molecule has 6 nitrogen and oxygen atoms in total. The third-order valence-electron chi connectivity index (χ3n) is 2.11. The van der Waals surface area contributed by atoms with E-state index in [1.165, 1.54) is 7.11 Å². The molecule has 0 fully saturated rings. The highest BCUT2D eigenvalue weighted by Crippen LogP contribution is 2.26. The normalized spacial score (nSPS) is 10.4. The summed E-state index contributed by atoms with van der Waals surface area (Å²) in [6, 6.07) is 0. The van der Waals surface area contributed by atoms with E-state index in [9.17, 15) is 9.59 Å². The summed E-state index contributed by atoms with van der Waals surface area (Å²) >= 11 is 1.15. The Morgan fingerprint density at radius 2 is 2.17 bits per heavy atom. The van der Waals surface area contributed by atoms with Crippen molar-refractivity contribution in [2.45, 2.75) is 26.7 Å². The second kappa shape index (κ2) is 6.34. The molecule has 0 radical (unpaired) electrons. The Hall–Kier alpha value is -1.63. The third-order valence-corrected chi connectivity index (χ3v) is 2.95. The summed E-state index contributed by atoms with van der Waals surface area (Å²) in [5.41, 5.74) is 6.16. The van der Waals surface area contributed by atoms with E-state index in [4.69, 9.17) is 5.73 Å². The molecule has 1 rings (SSSR count). The van der Waals surface area contributed by atoms with Gasteiger partial charge >= 0.3 is 5.97 Å². The molecule has 7 heteroatoms. The Balaban J connectivity index is 2.66. The van der Waals surface area contributed by atoms with Gasteiger partial charge in [-0.05, 0) is 5.92 Å². The fraction of sp³-hybridized carbons (Fsp3) is 0.545. The number of hydrogen-bond donors (Lipinski definition) is 2. The number of aromatic nitrogens is 1. The quantitative estimate of drug-likeness (QED) is 0.790. The molecule has 100 valence electrons. The van der Waals surface area contributed by atoms with E-state index in [2.05, 4.69) is 15.0 Å². The first-order valence-corrected chi connectivity index (χ1v) is 6.35. The van der Waals surface area contributed by atoms with Crippen molar-refractivity contribution < 1.29 is 14.3 Å². The maximum atomic E-state index is 11.5. The van der Waals surface area contributed by atoms with Gasteiger partial charge in [-0.1, -0.05) is 25.2 Å². The molecular weight excluding hydrogens is 254 g/mol. The Bertz CT molecular complexity index is 443. The summed E-state index contributed by atoms with van der Waals surface area (Å²) in [4.78, 5) is 26.8. The van der Waals surface area contributed by atoms with Crippen LogP contribution in [0.3, 0.4) is 0 Å². The van der Waals surface area contributed by atoms with Crippen molar-refractivity contribution in [3.05, 3.63) is 5.69 Å². The Morgan fingerprint density at radius 3 is 2.72 bits per heavy atom. The standard InChI is InChI=1S/C11H17N3O3S/c1-6(2)4-8(15)14-11-13-7(10(12)18-11)5-9(16)17-3/h6H,4-5,12H2,1-3H3,(H,13,14,15). The van der Waals surface area contributed by atoms with Crippen LogP contribution in [0.4, 0.5) is 10.1 Å². The molecule has 3 N–H and O–H groups in total. The molecular formula is C11H17N3O3S. The molecule has 18 heavy (non-hydrogen) atoms. The van der Waals surface area contributed by atoms with Crippen molar-refractivity contribution in [3.8, 4) is 0 Å². The Labute approximate surface area is 110 Å². The topological polar surface area (TPSA) is 94.3 Å². The van der Waals surface area contributed by atoms with Gasteiger partial charge in [0.2, 0.25) is 5.91 Å². The summed E-state index contributed by atoms with van der Waals surface area (Å²) in [5.74, 6) is -0.243. The maximum absolute atomic E-state index is 11.5. The number of carbonyl (C=O) groups excluding carboxylic acids is 2. The van der Waals surface area contributed by atoms with Crippen LogP contribution in [0.1, 0.15) is 26.0 Å². The lowest BCUT2D eigenvalue weighted by Gasteiger charge is -2.03. The number of nitrogens with one attached hydrogen (secondary N) is 1. The van der Waals surface area contributed by atoms with Crippen molar-refractivity contribution >= 4 is 33.3 Å². The van der Waals surface area contributed by atoms with Crippen LogP contribution in [-0.4, -0.2) is 24.0 Å². The number of methoxy groups -OCH3 is 1. The molecule has 1 aromatic rings. The molecule has 0 aromatic carbocycles.